The van der Waals surface area contributed by atoms with Crippen LogP contribution in [0.25, 0.3) is 0 Å². The highest BCUT2D eigenvalue weighted by Crippen LogP contribution is 2.13. The molecule has 0 spiro atoms. The maximum Gasteiger partial charge on any atom is 0.0198 e. The summed E-state index contributed by atoms with van der Waals surface area (Å²) >= 11 is 0. The van der Waals surface area contributed by atoms with Crippen molar-refractivity contribution in [1.82, 2.24) is 0 Å². The Morgan fingerprint density at radius 1 is 0.929 bits per heavy atom. The minimum absolute atomic E-state index is 0.278. The quantitative estimate of drug-likeness (QED) is 0.616. The highest BCUT2D eigenvalue weighted by atomic mass is 28.2. The van der Waals surface area contributed by atoms with Crippen molar-refractivity contribution in [2.75, 3.05) is 0 Å². The van der Waals surface area contributed by atoms with Crippen LogP contribution in [-0.2, 0) is 0 Å². The summed E-state index contributed by atoms with van der Waals surface area (Å²) in [4.78, 5) is 0. The molecule has 0 aromatic heterocycles. The molecule has 14 heavy (non-hydrogen) atoms. The van der Waals surface area contributed by atoms with Crippen molar-refractivity contribution in [3.05, 3.63) is 24.3 Å². The van der Waals surface area contributed by atoms with Gasteiger partial charge in [-0.25, -0.2) is 0 Å². The van der Waals surface area contributed by atoms with E-state index >= 15 is 0 Å². The average Bonchev–Trinajstić information content (AvgIpc) is 2.52. The van der Waals surface area contributed by atoms with Gasteiger partial charge < -0.3 is 0 Å². The highest BCUT2D eigenvalue weighted by molar-refractivity contribution is 6.75. The maximum atomic E-state index is 2.34. The Morgan fingerprint density at radius 3 is 1.71 bits per heavy atom. The van der Waals surface area contributed by atoms with Crippen molar-refractivity contribution in [3.63, 3.8) is 0 Å². The van der Waals surface area contributed by atoms with Crippen LogP contribution in [0.1, 0.15) is 27.7 Å². The number of rotatable bonds is 4. The van der Waals surface area contributed by atoms with E-state index in [4.69, 9.17) is 0 Å². The van der Waals surface area contributed by atoms with E-state index in [0.717, 1.165) is 11.8 Å². The Labute approximate surface area is 90.0 Å². The van der Waals surface area contributed by atoms with Gasteiger partial charge in [0.1, 0.15) is 0 Å². The van der Waals surface area contributed by atoms with E-state index < -0.39 is 0 Å². The second-order valence-corrected chi connectivity index (χ2v) is 7.57. The lowest BCUT2D eigenvalue weighted by molar-refractivity contribution is 0.698. The van der Waals surface area contributed by atoms with Gasteiger partial charge in [0, 0.05) is 8.41 Å². The number of hydrogen-bond acceptors (Lipinski definition) is 0. The molecule has 0 bridgehead atoms. The van der Waals surface area contributed by atoms with Gasteiger partial charge in [0.05, 0.1) is 0 Å². The molecule has 1 aliphatic carbocycles. The van der Waals surface area contributed by atoms with E-state index in [9.17, 15) is 0 Å². The van der Waals surface area contributed by atoms with Crippen LogP contribution >= 0.6 is 0 Å². The molecule has 0 unspecified atom stereocenters. The fraction of sp³-hybridized carbons (Fsp3) is 0.615. The zero-order valence-corrected chi connectivity index (χ0v) is 10.9. The van der Waals surface area contributed by atoms with Gasteiger partial charge in [0.2, 0.25) is 0 Å². The Bertz CT molecular complexity index is 241. The van der Waals surface area contributed by atoms with Crippen molar-refractivity contribution < 1.29 is 0 Å². The topological polar surface area (TPSA) is 0 Å². The third-order valence-electron chi connectivity index (χ3n) is 2.38. The summed E-state index contributed by atoms with van der Waals surface area (Å²) in [5.74, 6) is 1.69. The van der Waals surface area contributed by atoms with Crippen LogP contribution < -0.4 is 0 Å². The van der Waals surface area contributed by atoms with Crippen LogP contribution in [0.4, 0.5) is 0 Å². The third kappa shape index (κ3) is 3.75. The Morgan fingerprint density at radius 2 is 1.36 bits per heavy atom. The van der Waals surface area contributed by atoms with Crippen LogP contribution in [0.15, 0.2) is 24.3 Å². The van der Waals surface area contributed by atoms with E-state index in [1.165, 1.54) is 12.1 Å². The molecule has 0 aromatic carbocycles. The summed E-state index contributed by atoms with van der Waals surface area (Å²) < 4.78 is 0. The Hall–Kier alpha value is -0.433. The number of hydrogen-bond donors (Lipinski definition) is 0. The van der Waals surface area contributed by atoms with Crippen LogP contribution in [0.5, 0.6) is 0 Å². The van der Waals surface area contributed by atoms with E-state index in [1.807, 2.05) is 0 Å². The molecular weight excluding hydrogens is 184 g/mol. The first kappa shape index (κ1) is 11.6. The fourth-order valence-electron chi connectivity index (χ4n) is 1.91. The van der Waals surface area contributed by atoms with Crippen molar-refractivity contribution >= 4 is 13.6 Å². The molecule has 1 rings (SSSR count). The lowest BCUT2D eigenvalue weighted by Crippen LogP contribution is -2.16. The molecule has 0 aliphatic heterocycles. The van der Waals surface area contributed by atoms with Gasteiger partial charge >= 0.3 is 0 Å². The standard InChI is InChI=1S/C13H22Si/c1-11(2)9-14(10-12(3)4)13-7-5-6-8-13/h5-8,11-12H,9-10H2,1-4H3. The molecule has 0 amide bonds. The fourth-order valence-corrected chi connectivity index (χ4v) is 5.19. The second kappa shape index (κ2) is 5.45. The van der Waals surface area contributed by atoms with E-state index in [2.05, 4.69) is 52.0 Å². The lowest BCUT2D eigenvalue weighted by Gasteiger charge is -2.13. The number of allylic oxidation sites excluding steroid dienone is 4. The second-order valence-electron chi connectivity index (χ2n) is 4.97. The third-order valence-corrected chi connectivity index (χ3v) is 6.15. The van der Waals surface area contributed by atoms with E-state index in [0.29, 0.717) is 0 Å². The predicted molar refractivity (Wildman–Crippen MR) is 68.3 cm³/mol. The molecule has 1 aliphatic rings. The van der Waals surface area contributed by atoms with Crippen LogP contribution in [0.3, 0.4) is 0 Å². The molecule has 0 nitrogen and oxygen atoms in total. The minimum atomic E-state index is -0.278. The van der Waals surface area contributed by atoms with Crippen LogP contribution in [0, 0.1) is 11.8 Å². The first-order valence-electron chi connectivity index (χ1n) is 5.66. The van der Waals surface area contributed by atoms with Gasteiger partial charge in [-0.15, -0.1) is 0 Å². The van der Waals surface area contributed by atoms with Gasteiger partial charge in [-0.3, -0.25) is 0 Å². The van der Waals surface area contributed by atoms with Gasteiger partial charge in [0.15, 0.2) is 0 Å². The van der Waals surface area contributed by atoms with Crippen molar-refractivity contribution in [2.45, 2.75) is 39.8 Å². The highest BCUT2D eigenvalue weighted by Gasteiger charge is 2.09. The maximum absolute atomic E-state index is 2.34. The summed E-state index contributed by atoms with van der Waals surface area (Å²) in [7, 11) is -0.278. The first-order valence-corrected chi connectivity index (χ1v) is 7.57. The summed E-state index contributed by atoms with van der Waals surface area (Å²) in [6.45, 7) is 9.36. The van der Waals surface area contributed by atoms with Gasteiger partial charge in [-0.2, -0.15) is 0 Å². The zero-order chi connectivity index (χ0) is 10.6. The average molecular weight is 206 g/mol. The summed E-state index contributed by atoms with van der Waals surface area (Å²) in [5, 5.41) is 1.64. The summed E-state index contributed by atoms with van der Waals surface area (Å²) in [6.07, 6.45) is 9.00. The van der Waals surface area contributed by atoms with Crippen LogP contribution in [-0.4, -0.2) is 13.6 Å². The van der Waals surface area contributed by atoms with Gasteiger partial charge in [-0.1, -0.05) is 52.0 Å². The molecule has 0 heterocycles. The SMILES string of the molecule is CC(C)C[Si](CC(C)C)=C1C=CC=C1. The van der Waals surface area contributed by atoms with E-state index in [1.54, 1.807) is 5.17 Å². The smallest absolute Gasteiger partial charge is 0.0198 e. The first-order chi connectivity index (χ1) is 6.59. The molecule has 0 saturated heterocycles. The van der Waals surface area contributed by atoms with Crippen molar-refractivity contribution in [1.29, 1.82) is 0 Å². The van der Waals surface area contributed by atoms with Crippen molar-refractivity contribution in [2.24, 2.45) is 11.8 Å². The lowest BCUT2D eigenvalue weighted by atomic mass is 10.3. The predicted octanol–water partition coefficient (Wildman–Crippen LogP) is 3.67. The Balaban J connectivity index is 2.75. The summed E-state index contributed by atoms with van der Waals surface area (Å²) in [5.41, 5.74) is 0. The molecule has 0 aromatic rings. The Kier molecular flexibility index (Phi) is 4.53. The molecule has 0 N–H and O–H groups in total. The van der Waals surface area contributed by atoms with E-state index in [-0.39, 0.29) is 8.41 Å². The molecule has 0 fully saturated rings. The van der Waals surface area contributed by atoms with Gasteiger partial charge in [-0.05, 0) is 29.1 Å². The monoisotopic (exact) mass is 206 g/mol. The molecule has 78 valence electrons. The largest absolute Gasteiger partial charge is 0.0628 e. The molecule has 1 heteroatoms. The zero-order valence-electron chi connectivity index (χ0n) is 9.88. The normalized spacial score (nSPS) is 14.9. The van der Waals surface area contributed by atoms with Crippen LogP contribution in [0.2, 0.25) is 12.1 Å². The molecule has 0 saturated carbocycles. The van der Waals surface area contributed by atoms with Crippen molar-refractivity contribution in [3.8, 4) is 0 Å². The molecule has 0 radical (unpaired) electrons. The van der Waals surface area contributed by atoms with Gasteiger partial charge in [0.25, 0.3) is 0 Å². The molecular formula is C13H22Si. The summed E-state index contributed by atoms with van der Waals surface area (Å²) in [6, 6.07) is 2.85. The molecule has 0 atom stereocenters. The minimum Gasteiger partial charge on any atom is -0.0628 e.